The maximum atomic E-state index is 13.7. The average molecular weight is 389 g/mol. The van der Waals surface area contributed by atoms with Crippen molar-refractivity contribution in [3.05, 3.63) is 65.4 Å². The summed E-state index contributed by atoms with van der Waals surface area (Å²) in [4.78, 5) is 15.8. The van der Waals surface area contributed by atoms with Crippen molar-refractivity contribution in [3.63, 3.8) is 0 Å². The maximum Gasteiger partial charge on any atom is 0.254 e. The fourth-order valence-corrected chi connectivity index (χ4v) is 4.92. The summed E-state index contributed by atoms with van der Waals surface area (Å²) in [5.41, 5.74) is 4.35. The van der Waals surface area contributed by atoms with Gasteiger partial charge in [-0.2, -0.15) is 0 Å². The highest BCUT2D eigenvalue weighted by Gasteiger charge is 2.28. The van der Waals surface area contributed by atoms with E-state index in [1.54, 1.807) is 0 Å². The van der Waals surface area contributed by atoms with Gasteiger partial charge in [0.15, 0.2) is 0 Å². The molecule has 0 radical (unpaired) electrons. The Hall–Kier alpha value is -2.75. The van der Waals surface area contributed by atoms with Gasteiger partial charge < -0.3 is 14.2 Å². The number of aromatic nitrogens is 1. The van der Waals surface area contributed by atoms with Crippen LogP contribution in [-0.4, -0.2) is 28.0 Å². The SMILES string of the molecule is Cn1c(CN(C(=O)c2ccc3c(c2)CCO3)C2CCCCC2)cc2ccccc21. The molecule has 0 saturated heterocycles. The van der Waals surface area contributed by atoms with Crippen LogP contribution in [0.5, 0.6) is 5.75 Å². The van der Waals surface area contributed by atoms with Crippen molar-refractivity contribution in [1.29, 1.82) is 0 Å². The number of para-hydroxylation sites is 1. The first-order valence-corrected chi connectivity index (χ1v) is 10.8. The van der Waals surface area contributed by atoms with E-state index in [0.717, 1.165) is 42.7 Å². The Morgan fingerprint density at radius 1 is 1.10 bits per heavy atom. The third-order valence-electron chi connectivity index (χ3n) is 6.60. The van der Waals surface area contributed by atoms with Gasteiger partial charge in [0, 0.05) is 36.3 Å². The van der Waals surface area contributed by atoms with Crippen molar-refractivity contribution < 1.29 is 9.53 Å². The van der Waals surface area contributed by atoms with Crippen molar-refractivity contribution in [2.45, 2.75) is 51.1 Å². The molecule has 0 bridgehead atoms. The van der Waals surface area contributed by atoms with Gasteiger partial charge in [0.25, 0.3) is 5.91 Å². The molecular weight excluding hydrogens is 360 g/mol. The van der Waals surface area contributed by atoms with Crippen LogP contribution in [0.25, 0.3) is 10.9 Å². The molecule has 29 heavy (non-hydrogen) atoms. The lowest BCUT2D eigenvalue weighted by Crippen LogP contribution is -2.41. The number of carbonyl (C=O) groups is 1. The highest BCUT2D eigenvalue weighted by atomic mass is 16.5. The van der Waals surface area contributed by atoms with Crippen LogP contribution in [0.15, 0.2) is 48.5 Å². The van der Waals surface area contributed by atoms with Crippen LogP contribution >= 0.6 is 0 Å². The molecule has 2 aromatic carbocycles. The second-order valence-electron chi connectivity index (χ2n) is 8.40. The van der Waals surface area contributed by atoms with E-state index in [1.165, 1.54) is 35.9 Å². The van der Waals surface area contributed by atoms with Crippen LogP contribution in [0.3, 0.4) is 0 Å². The van der Waals surface area contributed by atoms with Crippen LogP contribution in [-0.2, 0) is 20.0 Å². The fourth-order valence-electron chi connectivity index (χ4n) is 4.92. The van der Waals surface area contributed by atoms with Gasteiger partial charge in [0.2, 0.25) is 0 Å². The van der Waals surface area contributed by atoms with Crippen molar-refractivity contribution in [2.24, 2.45) is 7.05 Å². The van der Waals surface area contributed by atoms with Crippen molar-refractivity contribution >= 4 is 16.8 Å². The normalized spacial score (nSPS) is 16.6. The Bertz CT molecular complexity index is 1050. The zero-order valence-corrected chi connectivity index (χ0v) is 17.1. The summed E-state index contributed by atoms with van der Waals surface area (Å²) < 4.78 is 7.86. The first kappa shape index (κ1) is 18.3. The molecule has 1 aliphatic heterocycles. The molecule has 0 unspecified atom stereocenters. The number of aryl methyl sites for hydroxylation is 1. The minimum atomic E-state index is 0.150. The molecule has 0 atom stereocenters. The zero-order valence-electron chi connectivity index (χ0n) is 17.1. The number of hydrogen-bond acceptors (Lipinski definition) is 2. The smallest absolute Gasteiger partial charge is 0.254 e. The third kappa shape index (κ3) is 3.41. The fraction of sp³-hybridized carbons (Fsp3) is 0.400. The molecule has 0 spiro atoms. The molecule has 3 aromatic rings. The zero-order chi connectivity index (χ0) is 19.8. The van der Waals surface area contributed by atoms with Crippen molar-refractivity contribution in [3.8, 4) is 5.75 Å². The molecule has 1 aliphatic carbocycles. The van der Waals surface area contributed by atoms with Crippen LogP contribution in [0.2, 0.25) is 0 Å². The Labute approximate surface area is 172 Å². The van der Waals surface area contributed by atoms with Gasteiger partial charge in [-0.1, -0.05) is 37.5 Å². The van der Waals surface area contributed by atoms with Crippen molar-refractivity contribution in [2.75, 3.05) is 6.61 Å². The van der Waals surface area contributed by atoms with Crippen LogP contribution in [0, 0.1) is 0 Å². The molecule has 5 rings (SSSR count). The molecule has 4 heteroatoms. The van der Waals surface area contributed by atoms with Gasteiger partial charge in [0.1, 0.15) is 5.75 Å². The number of ether oxygens (including phenoxy) is 1. The molecule has 150 valence electrons. The molecule has 1 amide bonds. The number of nitrogens with zero attached hydrogens (tertiary/aromatic N) is 2. The largest absolute Gasteiger partial charge is 0.493 e. The van der Waals surface area contributed by atoms with Crippen LogP contribution in [0.1, 0.15) is 53.7 Å². The van der Waals surface area contributed by atoms with E-state index >= 15 is 0 Å². The summed E-state index contributed by atoms with van der Waals surface area (Å²) in [6, 6.07) is 16.9. The van der Waals surface area contributed by atoms with E-state index in [9.17, 15) is 4.79 Å². The van der Waals surface area contributed by atoms with E-state index in [1.807, 2.05) is 18.2 Å². The highest BCUT2D eigenvalue weighted by molar-refractivity contribution is 5.95. The average Bonchev–Trinajstić information content (AvgIpc) is 3.36. The molecule has 2 heterocycles. The standard InChI is InChI=1S/C25H28N2O2/c1-26-22(16-18-7-5-6-10-23(18)26)17-27(21-8-3-2-4-9-21)25(28)20-11-12-24-19(15-20)13-14-29-24/h5-7,10-12,15-16,21H,2-4,8-9,13-14,17H2,1H3. The number of carbonyl (C=O) groups excluding carboxylic acids is 1. The van der Waals surface area contributed by atoms with E-state index in [4.69, 9.17) is 4.74 Å². The minimum Gasteiger partial charge on any atom is -0.493 e. The van der Waals surface area contributed by atoms with Crippen LogP contribution in [0.4, 0.5) is 0 Å². The second kappa shape index (κ2) is 7.58. The summed E-state index contributed by atoms with van der Waals surface area (Å²) in [5, 5.41) is 1.23. The van der Waals surface area contributed by atoms with Gasteiger partial charge in [-0.3, -0.25) is 4.79 Å². The lowest BCUT2D eigenvalue weighted by atomic mass is 9.93. The summed E-state index contributed by atoms with van der Waals surface area (Å²) in [5.74, 6) is 1.08. The van der Waals surface area contributed by atoms with E-state index in [-0.39, 0.29) is 5.91 Å². The van der Waals surface area contributed by atoms with Crippen LogP contribution < -0.4 is 4.74 Å². The third-order valence-corrected chi connectivity index (χ3v) is 6.60. The number of benzene rings is 2. The predicted octanol–water partition coefficient (Wildman–Crippen LogP) is 5.09. The Balaban J connectivity index is 1.49. The lowest BCUT2D eigenvalue weighted by Gasteiger charge is -2.34. The molecule has 1 saturated carbocycles. The van der Waals surface area contributed by atoms with Gasteiger partial charge >= 0.3 is 0 Å². The number of amides is 1. The number of fused-ring (bicyclic) bond motifs is 2. The molecule has 4 nitrogen and oxygen atoms in total. The monoisotopic (exact) mass is 388 g/mol. The lowest BCUT2D eigenvalue weighted by molar-refractivity contribution is 0.0609. The first-order chi connectivity index (χ1) is 14.2. The number of rotatable bonds is 4. The summed E-state index contributed by atoms with van der Waals surface area (Å²) >= 11 is 0. The van der Waals surface area contributed by atoms with Gasteiger partial charge in [-0.05, 0) is 54.1 Å². The number of hydrogen-bond donors (Lipinski definition) is 0. The molecule has 0 N–H and O–H groups in total. The van der Waals surface area contributed by atoms with Gasteiger partial charge in [-0.15, -0.1) is 0 Å². The second-order valence-corrected chi connectivity index (χ2v) is 8.40. The molecular formula is C25H28N2O2. The van der Waals surface area contributed by atoms with E-state index in [2.05, 4.69) is 46.8 Å². The Morgan fingerprint density at radius 3 is 2.76 bits per heavy atom. The molecule has 1 fully saturated rings. The Morgan fingerprint density at radius 2 is 1.93 bits per heavy atom. The topological polar surface area (TPSA) is 34.5 Å². The van der Waals surface area contributed by atoms with Gasteiger partial charge in [-0.25, -0.2) is 0 Å². The highest BCUT2D eigenvalue weighted by Crippen LogP contribution is 2.30. The predicted molar refractivity (Wildman–Crippen MR) is 115 cm³/mol. The quantitative estimate of drug-likeness (QED) is 0.624. The minimum absolute atomic E-state index is 0.150. The van der Waals surface area contributed by atoms with E-state index in [0.29, 0.717) is 12.6 Å². The van der Waals surface area contributed by atoms with Gasteiger partial charge in [0.05, 0.1) is 13.2 Å². The summed E-state index contributed by atoms with van der Waals surface area (Å²) in [7, 11) is 2.11. The maximum absolute atomic E-state index is 13.7. The molecule has 1 aromatic heterocycles. The van der Waals surface area contributed by atoms with E-state index < -0.39 is 0 Å². The Kier molecular flexibility index (Phi) is 4.78. The van der Waals surface area contributed by atoms with Crippen molar-refractivity contribution in [1.82, 2.24) is 9.47 Å². The molecule has 2 aliphatic rings. The summed E-state index contributed by atoms with van der Waals surface area (Å²) in [6.07, 6.45) is 6.79. The first-order valence-electron chi connectivity index (χ1n) is 10.8. The summed E-state index contributed by atoms with van der Waals surface area (Å²) in [6.45, 7) is 1.37.